The fraction of sp³-hybridized carbons (Fsp3) is 0.925. The summed E-state index contributed by atoms with van der Waals surface area (Å²) in [4.78, 5) is 44.8. The Balaban J connectivity index is 5.44. The van der Waals surface area contributed by atoms with Gasteiger partial charge in [-0.25, -0.2) is 0 Å². The van der Waals surface area contributed by atoms with Crippen molar-refractivity contribution in [3.63, 3.8) is 0 Å². The minimum atomic E-state index is -0.0684. The van der Waals surface area contributed by atoms with Crippen LogP contribution >= 0.6 is 0 Å². The minimum Gasteiger partial charge on any atom is -0.465 e. The molecule has 7 nitrogen and oxygen atoms in total. The van der Waals surface area contributed by atoms with Gasteiger partial charge in [0.2, 0.25) is 5.91 Å². The zero-order valence-electron chi connectivity index (χ0n) is 51.1. The van der Waals surface area contributed by atoms with Crippen molar-refractivity contribution in [2.45, 2.75) is 355 Å². The number of allylic oxidation sites excluding steroid dienone is 1. The molecule has 0 aromatic rings. The lowest BCUT2D eigenvalue weighted by atomic mass is 9.94. The van der Waals surface area contributed by atoms with Crippen LogP contribution in [0.5, 0.6) is 0 Å². The predicted octanol–water partition coefficient (Wildman–Crippen LogP) is 20.6. The lowest BCUT2D eigenvalue weighted by Gasteiger charge is -2.33. The maximum absolute atomic E-state index is 14.1. The first-order chi connectivity index (χ1) is 36.2. The smallest absolute Gasteiger partial charge is 0.306 e. The van der Waals surface area contributed by atoms with E-state index in [0.717, 1.165) is 96.6 Å². The van der Waals surface area contributed by atoms with Crippen LogP contribution in [0.4, 0.5) is 0 Å². The number of unbranched alkanes of at least 4 members (excludes halogenated alkanes) is 33. The van der Waals surface area contributed by atoms with Gasteiger partial charge in [0.15, 0.2) is 0 Å². The van der Waals surface area contributed by atoms with Gasteiger partial charge in [-0.2, -0.15) is 0 Å². The van der Waals surface area contributed by atoms with Gasteiger partial charge in [0, 0.05) is 31.8 Å². The Morgan fingerprint density at radius 1 is 0.378 bits per heavy atom. The van der Waals surface area contributed by atoms with Crippen molar-refractivity contribution in [3.8, 4) is 0 Å². The Labute approximate surface area is 462 Å². The molecule has 74 heavy (non-hydrogen) atoms. The molecule has 7 heteroatoms. The molecule has 2 atom stereocenters. The summed E-state index contributed by atoms with van der Waals surface area (Å²) in [5.41, 5.74) is 1.32. The van der Waals surface area contributed by atoms with E-state index < -0.39 is 0 Å². The van der Waals surface area contributed by atoms with Crippen LogP contribution in [0.25, 0.3) is 0 Å². The highest BCUT2D eigenvalue weighted by molar-refractivity contribution is 5.76. The van der Waals surface area contributed by atoms with Gasteiger partial charge in [-0.3, -0.25) is 14.4 Å². The normalized spacial score (nSPS) is 12.7. The maximum atomic E-state index is 14.1. The molecule has 2 unspecified atom stereocenters. The molecule has 0 spiro atoms. The molecule has 438 valence electrons. The molecule has 0 N–H and O–H groups in total. The Kier molecular flexibility index (Phi) is 55.8. The average Bonchev–Trinajstić information content (AvgIpc) is 3.39. The lowest BCUT2D eigenvalue weighted by Crippen LogP contribution is -2.41. The molecule has 0 aliphatic heterocycles. The van der Waals surface area contributed by atoms with E-state index in [1.165, 1.54) is 217 Å². The van der Waals surface area contributed by atoms with Gasteiger partial charge in [-0.1, -0.05) is 259 Å². The molecule has 0 bridgehead atoms. The van der Waals surface area contributed by atoms with Crippen molar-refractivity contribution in [2.75, 3.05) is 40.4 Å². The van der Waals surface area contributed by atoms with Gasteiger partial charge >= 0.3 is 11.9 Å². The van der Waals surface area contributed by atoms with Crippen LogP contribution in [-0.2, 0) is 23.9 Å². The second-order valence-corrected chi connectivity index (χ2v) is 23.4. The topological polar surface area (TPSA) is 76.2 Å². The molecule has 0 saturated carbocycles. The SMILES string of the molecule is CCCCCCCCC/C=C(\CCCCCCCC)COC(=O)CCCCCC(CCCCCC(=O)OCC(CCCCCCCC)CCCCCCCCCC)N(CCCN(C)C)C(=O)CCCCCCCC. The van der Waals surface area contributed by atoms with Crippen molar-refractivity contribution in [1.29, 1.82) is 0 Å². The summed E-state index contributed by atoms with van der Waals surface area (Å²) < 4.78 is 11.9. The molecule has 0 heterocycles. The first-order valence-corrected chi connectivity index (χ1v) is 33.1. The molecule has 1 amide bonds. The van der Waals surface area contributed by atoms with Crippen molar-refractivity contribution in [3.05, 3.63) is 11.6 Å². The van der Waals surface area contributed by atoms with Gasteiger partial charge in [0.1, 0.15) is 6.61 Å². The molecule has 0 rings (SSSR count). The number of nitrogens with zero attached hydrogens (tertiary/aromatic N) is 2. The minimum absolute atomic E-state index is 0.0306. The van der Waals surface area contributed by atoms with Crippen molar-refractivity contribution in [1.82, 2.24) is 9.80 Å². The number of esters is 2. The standard InChI is InChI=1S/C67H130N2O5/c1-8-13-18-23-28-30-34-41-51-62(49-39-32-25-20-15-10-3)60-73-66(71)56-46-37-43-53-64(69(59-48-58-68(6)7)65(70)55-45-36-27-22-17-12-5)54-44-38-47-57-67(72)74-61-63(50-40-33-26-21-16-11-4)52-42-35-31-29-24-19-14-9-2/h51,63-64H,8-50,52-61H2,1-7H3/b62-51+. The van der Waals surface area contributed by atoms with Gasteiger partial charge < -0.3 is 19.3 Å². The summed E-state index contributed by atoms with van der Waals surface area (Å²) in [5, 5.41) is 0. The Hall–Kier alpha value is -1.89. The summed E-state index contributed by atoms with van der Waals surface area (Å²) in [6.07, 6.45) is 59.5. The first kappa shape index (κ1) is 72.1. The average molecular weight is 1040 g/mol. The molecule has 0 aromatic carbocycles. The number of rotatable bonds is 59. The molecule has 0 aliphatic carbocycles. The highest BCUT2D eigenvalue weighted by Crippen LogP contribution is 2.24. The van der Waals surface area contributed by atoms with Crippen LogP contribution in [0.3, 0.4) is 0 Å². The molecular weight excluding hydrogens is 913 g/mol. The molecule has 0 fully saturated rings. The monoisotopic (exact) mass is 1040 g/mol. The number of hydrogen-bond donors (Lipinski definition) is 0. The second kappa shape index (κ2) is 57.3. The summed E-state index contributed by atoms with van der Waals surface area (Å²) in [6, 6.07) is 0.189. The van der Waals surface area contributed by atoms with Crippen molar-refractivity contribution in [2.24, 2.45) is 5.92 Å². The van der Waals surface area contributed by atoms with Crippen molar-refractivity contribution >= 4 is 17.8 Å². The number of carbonyl (C=O) groups is 3. The highest BCUT2D eigenvalue weighted by Gasteiger charge is 2.23. The fourth-order valence-corrected chi connectivity index (χ4v) is 10.8. The highest BCUT2D eigenvalue weighted by atomic mass is 16.5. The van der Waals surface area contributed by atoms with Crippen LogP contribution in [0.15, 0.2) is 11.6 Å². The van der Waals surface area contributed by atoms with Crippen LogP contribution < -0.4 is 0 Å². The number of hydrogen-bond acceptors (Lipinski definition) is 6. The Bertz CT molecular complexity index is 1240. The van der Waals surface area contributed by atoms with E-state index in [4.69, 9.17) is 9.47 Å². The molecule has 0 radical (unpaired) electrons. The number of ether oxygens (including phenoxy) is 2. The zero-order chi connectivity index (χ0) is 54.2. The first-order valence-electron chi connectivity index (χ1n) is 33.1. The molecule has 0 aliphatic rings. The molecule has 0 aromatic heterocycles. The van der Waals surface area contributed by atoms with Gasteiger partial charge in [-0.15, -0.1) is 0 Å². The summed E-state index contributed by atoms with van der Waals surface area (Å²) >= 11 is 0. The summed E-state index contributed by atoms with van der Waals surface area (Å²) in [5.74, 6) is 0.705. The molecular formula is C67H130N2O5. The molecule has 0 saturated heterocycles. The largest absolute Gasteiger partial charge is 0.465 e. The zero-order valence-corrected chi connectivity index (χ0v) is 51.1. The van der Waals surface area contributed by atoms with Crippen LogP contribution in [0, 0.1) is 5.92 Å². The third-order valence-corrected chi connectivity index (χ3v) is 15.8. The van der Waals surface area contributed by atoms with E-state index in [2.05, 4.69) is 64.6 Å². The van der Waals surface area contributed by atoms with Crippen LogP contribution in [0.2, 0.25) is 0 Å². The lowest BCUT2D eigenvalue weighted by molar-refractivity contribution is -0.145. The quantitative estimate of drug-likeness (QED) is 0.0343. The number of amides is 1. The van der Waals surface area contributed by atoms with Gasteiger partial charge in [-0.05, 0) is 109 Å². The summed E-state index contributed by atoms with van der Waals surface area (Å²) in [6.45, 7) is 14.2. The number of carbonyl (C=O) groups excluding carboxylic acids is 3. The van der Waals surface area contributed by atoms with Crippen LogP contribution in [-0.4, -0.2) is 74.1 Å². The van der Waals surface area contributed by atoms with E-state index in [1.807, 2.05) is 0 Å². The summed E-state index contributed by atoms with van der Waals surface area (Å²) in [7, 11) is 4.24. The van der Waals surface area contributed by atoms with Gasteiger partial charge in [0.25, 0.3) is 0 Å². The second-order valence-electron chi connectivity index (χ2n) is 23.4. The Morgan fingerprint density at radius 2 is 0.743 bits per heavy atom. The van der Waals surface area contributed by atoms with Gasteiger partial charge in [0.05, 0.1) is 6.61 Å². The predicted molar refractivity (Wildman–Crippen MR) is 322 cm³/mol. The third kappa shape index (κ3) is 49.7. The van der Waals surface area contributed by atoms with Crippen LogP contribution in [0.1, 0.15) is 349 Å². The van der Waals surface area contributed by atoms with Crippen molar-refractivity contribution < 1.29 is 23.9 Å². The van der Waals surface area contributed by atoms with E-state index in [1.54, 1.807) is 0 Å². The fourth-order valence-electron chi connectivity index (χ4n) is 10.8. The third-order valence-electron chi connectivity index (χ3n) is 15.8. The Morgan fingerprint density at radius 3 is 1.20 bits per heavy atom. The maximum Gasteiger partial charge on any atom is 0.306 e. The van der Waals surface area contributed by atoms with E-state index in [0.29, 0.717) is 44.3 Å². The van der Waals surface area contributed by atoms with E-state index in [-0.39, 0.29) is 18.0 Å². The van der Waals surface area contributed by atoms with E-state index in [9.17, 15) is 14.4 Å². The van der Waals surface area contributed by atoms with E-state index >= 15 is 0 Å².